The van der Waals surface area contributed by atoms with Crippen LogP contribution in [0.3, 0.4) is 0 Å². The molecule has 0 aliphatic heterocycles. The molecule has 2 nitrogen and oxygen atoms in total. The molecule has 0 amide bonds. The van der Waals surface area contributed by atoms with E-state index in [0.717, 1.165) is 12.8 Å². The zero-order chi connectivity index (χ0) is 41.8. The molecule has 0 N–H and O–H groups in total. The van der Waals surface area contributed by atoms with Gasteiger partial charge in [-0.2, -0.15) is 0 Å². The van der Waals surface area contributed by atoms with Crippen molar-refractivity contribution in [1.29, 1.82) is 0 Å². The molecule has 0 saturated heterocycles. The van der Waals surface area contributed by atoms with E-state index in [2.05, 4.69) is 205 Å². The third-order valence-electron chi connectivity index (χ3n) is 13.1. The number of hydrogen-bond acceptors (Lipinski definition) is 0. The maximum atomic E-state index is 2.44. The standard InChI is InChI=1S/C60H56N2/c1-3-5-7-9-19-43-29-35-47(36-30-43)61-57-27-17-15-25-53(57)55-41-45(33-39-59(55)61)49-21-11-13-23-51(49)52-24-14-12-22-50(52)46-34-40-60-56(42-46)54-26-16-18-28-58(54)62(60)48-37-31-44(32-38-48)20-10-8-6-4-2/h11-18,21-42H,3-10,19-20H2,1-2H3. The van der Waals surface area contributed by atoms with Crippen LogP contribution in [0.15, 0.2) is 182 Å². The summed E-state index contributed by atoms with van der Waals surface area (Å²) < 4.78 is 4.88. The first-order valence-corrected chi connectivity index (χ1v) is 23.1. The fourth-order valence-corrected chi connectivity index (χ4v) is 9.91. The minimum Gasteiger partial charge on any atom is -0.309 e. The Hall–Kier alpha value is -6.64. The lowest BCUT2D eigenvalue weighted by molar-refractivity contribution is 0.667. The molecule has 0 radical (unpaired) electrons. The first-order valence-electron chi connectivity index (χ1n) is 23.1. The first-order chi connectivity index (χ1) is 30.7. The van der Waals surface area contributed by atoms with Crippen LogP contribution in [0, 0.1) is 0 Å². The van der Waals surface area contributed by atoms with Crippen LogP contribution in [0.2, 0.25) is 0 Å². The lowest BCUT2D eigenvalue weighted by Crippen LogP contribution is -1.95. The molecular formula is C60H56N2. The molecule has 0 atom stereocenters. The Bertz CT molecular complexity index is 2920. The molecule has 2 heterocycles. The molecule has 0 aliphatic carbocycles. The lowest BCUT2D eigenvalue weighted by Gasteiger charge is -2.15. The second-order valence-corrected chi connectivity index (χ2v) is 17.2. The highest BCUT2D eigenvalue weighted by molar-refractivity contribution is 6.12. The number of nitrogens with zero attached hydrogens (tertiary/aromatic N) is 2. The van der Waals surface area contributed by atoms with Crippen molar-refractivity contribution in [2.75, 3.05) is 0 Å². The molecule has 2 aromatic heterocycles. The molecule has 0 aliphatic rings. The summed E-state index contributed by atoms with van der Waals surface area (Å²) in [5.74, 6) is 0. The molecule has 2 heteroatoms. The van der Waals surface area contributed by atoms with Crippen LogP contribution in [0.4, 0.5) is 0 Å². The van der Waals surface area contributed by atoms with Crippen LogP contribution < -0.4 is 0 Å². The highest BCUT2D eigenvalue weighted by atomic mass is 15.0. The van der Waals surface area contributed by atoms with Gasteiger partial charge in [-0.15, -0.1) is 0 Å². The van der Waals surface area contributed by atoms with Crippen LogP contribution in [0.1, 0.15) is 76.3 Å². The van der Waals surface area contributed by atoms with Crippen LogP contribution >= 0.6 is 0 Å². The summed E-state index contributed by atoms with van der Waals surface area (Å²) in [5.41, 5.74) is 17.6. The third kappa shape index (κ3) is 7.53. The van der Waals surface area contributed by atoms with Crippen molar-refractivity contribution in [1.82, 2.24) is 9.13 Å². The number of aryl methyl sites for hydroxylation is 2. The summed E-state index contributed by atoms with van der Waals surface area (Å²) in [6, 6.07) is 68.3. The van der Waals surface area contributed by atoms with Gasteiger partial charge in [0, 0.05) is 32.9 Å². The van der Waals surface area contributed by atoms with Crippen LogP contribution in [-0.2, 0) is 12.8 Å². The maximum absolute atomic E-state index is 2.44. The smallest absolute Gasteiger partial charge is 0.0541 e. The molecule has 0 saturated carbocycles. The van der Waals surface area contributed by atoms with Gasteiger partial charge in [-0.05, 0) is 131 Å². The van der Waals surface area contributed by atoms with E-state index in [1.807, 2.05) is 0 Å². The molecule has 10 rings (SSSR count). The van der Waals surface area contributed by atoms with Gasteiger partial charge in [0.1, 0.15) is 0 Å². The number of hydrogen-bond donors (Lipinski definition) is 0. The fourth-order valence-electron chi connectivity index (χ4n) is 9.91. The Labute approximate surface area is 367 Å². The van der Waals surface area contributed by atoms with Crippen LogP contribution in [0.25, 0.3) is 88.4 Å². The van der Waals surface area contributed by atoms with E-state index >= 15 is 0 Å². The van der Waals surface area contributed by atoms with Crippen molar-refractivity contribution in [2.24, 2.45) is 0 Å². The van der Waals surface area contributed by atoms with Crippen molar-refractivity contribution in [3.8, 4) is 44.8 Å². The van der Waals surface area contributed by atoms with Gasteiger partial charge in [0.15, 0.2) is 0 Å². The molecule has 306 valence electrons. The summed E-state index contributed by atoms with van der Waals surface area (Å²) >= 11 is 0. The maximum Gasteiger partial charge on any atom is 0.0541 e. The largest absolute Gasteiger partial charge is 0.309 e. The summed E-state index contributed by atoms with van der Waals surface area (Å²) in [4.78, 5) is 0. The minimum atomic E-state index is 1.15. The van der Waals surface area contributed by atoms with Gasteiger partial charge in [0.05, 0.1) is 22.1 Å². The number of rotatable bonds is 15. The second-order valence-electron chi connectivity index (χ2n) is 17.2. The lowest BCUT2D eigenvalue weighted by atomic mass is 9.89. The Morgan fingerprint density at radius 3 is 1.10 bits per heavy atom. The van der Waals surface area contributed by atoms with Crippen LogP contribution in [-0.4, -0.2) is 9.13 Å². The quantitative estimate of drug-likeness (QED) is 0.0914. The molecule has 0 unspecified atom stereocenters. The van der Waals surface area contributed by atoms with Crippen molar-refractivity contribution >= 4 is 43.6 Å². The number of para-hydroxylation sites is 2. The highest BCUT2D eigenvalue weighted by Crippen LogP contribution is 2.42. The van der Waals surface area contributed by atoms with E-state index in [0.29, 0.717) is 0 Å². The molecule has 8 aromatic carbocycles. The normalized spacial score (nSPS) is 11.7. The van der Waals surface area contributed by atoms with Crippen molar-refractivity contribution in [3.63, 3.8) is 0 Å². The molecular weight excluding hydrogens is 749 g/mol. The zero-order valence-electron chi connectivity index (χ0n) is 36.3. The molecule has 10 aromatic rings. The van der Waals surface area contributed by atoms with Gasteiger partial charge in [-0.3, -0.25) is 0 Å². The van der Waals surface area contributed by atoms with Gasteiger partial charge in [-0.1, -0.05) is 174 Å². The number of fused-ring (bicyclic) bond motifs is 6. The first kappa shape index (κ1) is 39.5. The monoisotopic (exact) mass is 804 g/mol. The fraction of sp³-hybridized carbons (Fsp3) is 0.200. The van der Waals surface area contributed by atoms with Gasteiger partial charge in [0.25, 0.3) is 0 Å². The Morgan fingerprint density at radius 1 is 0.306 bits per heavy atom. The number of unbranched alkanes of at least 4 members (excludes halogenated alkanes) is 6. The van der Waals surface area contributed by atoms with Gasteiger partial charge in [-0.25, -0.2) is 0 Å². The molecule has 0 spiro atoms. The zero-order valence-corrected chi connectivity index (χ0v) is 36.3. The number of aromatic nitrogens is 2. The molecule has 0 fully saturated rings. The minimum absolute atomic E-state index is 1.15. The topological polar surface area (TPSA) is 9.86 Å². The van der Waals surface area contributed by atoms with Gasteiger partial charge < -0.3 is 9.13 Å². The average molecular weight is 805 g/mol. The predicted octanol–water partition coefficient (Wildman–Crippen LogP) is 17.1. The van der Waals surface area contributed by atoms with Crippen molar-refractivity contribution in [3.05, 3.63) is 193 Å². The van der Waals surface area contributed by atoms with Gasteiger partial charge >= 0.3 is 0 Å². The van der Waals surface area contributed by atoms with Crippen molar-refractivity contribution < 1.29 is 0 Å². The summed E-state index contributed by atoms with van der Waals surface area (Å²) in [5, 5.41) is 5.09. The third-order valence-corrected chi connectivity index (χ3v) is 13.1. The van der Waals surface area contributed by atoms with E-state index < -0.39 is 0 Å². The van der Waals surface area contributed by atoms with E-state index in [1.165, 1.54) is 151 Å². The summed E-state index contributed by atoms with van der Waals surface area (Å²) in [6.45, 7) is 4.55. The van der Waals surface area contributed by atoms with E-state index in [1.54, 1.807) is 0 Å². The predicted molar refractivity (Wildman–Crippen MR) is 267 cm³/mol. The van der Waals surface area contributed by atoms with E-state index in [4.69, 9.17) is 0 Å². The Balaban J connectivity index is 1.02. The molecule has 62 heavy (non-hydrogen) atoms. The second kappa shape index (κ2) is 17.8. The average Bonchev–Trinajstić information content (AvgIpc) is 3.84. The number of benzene rings is 8. The summed E-state index contributed by atoms with van der Waals surface area (Å²) in [7, 11) is 0. The summed E-state index contributed by atoms with van der Waals surface area (Å²) in [6.07, 6.45) is 12.6. The SMILES string of the molecule is CCCCCCc1ccc(-n2c3ccccc3c3cc(-c4ccccc4-c4ccccc4-c4ccc5c(c4)c4ccccc4n5-c4ccc(CCCCCC)cc4)ccc32)cc1. The van der Waals surface area contributed by atoms with Crippen molar-refractivity contribution in [2.45, 2.75) is 78.1 Å². The molecule has 0 bridgehead atoms. The van der Waals surface area contributed by atoms with Crippen LogP contribution in [0.5, 0.6) is 0 Å². The Morgan fingerprint density at radius 2 is 0.677 bits per heavy atom. The van der Waals surface area contributed by atoms with E-state index in [9.17, 15) is 0 Å². The highest BCUT2D eigenvalue weighted by Gasteiger charge is 2.18. The van der Waals surface area contributed by atoms with Gasteiger partial charge in [0.2, 0.25) is 0 Å². The van der Waals surface area contributed by atoms with E-state index in [-0.39, 0.29) is 0 Å². The Kier molecular flexibility index (Phi) is 11.3.